The predicted molar refractivity (Wildman–Crippen MR) is 54.9 cm³/mol. The second-order valence-corrected chi connectivity index (χ2v) is 2.99. The Kier molecular flexibility index (Phi) is 7.42. The van der Waals surface area contributed by atoms with Crippen LogP contribution in [0.15, 0.2) is 0 Å². The fourth-order valence-corrected chi connectivity index (χ4v) is 1.23. The number of hydrogen-bond acceptors (Lipinski definition) is 3. The Bertz CT molecular complexity index is 155. The van der Waals surface area contributed by atoms with E-state index in [0.717, 1.165) is 6.42 Å². The molecule has 0 aliphatic heterocycles. The first-order valence-corrected chi connectivity index (χ1v) is 5.15. The topological polar surface area (TPSA) is 47.6 Å². The van der Waals surface area contributed by atoms with Crippen LogP contribution in [0.1, 0.15) is 34.1 Å². The average molecular weight is 203 g/mol. The van der Waals surface area contributed by atoms with Gasteiger partial charge in [0, 0.05) is 20.1 Å². The fourth-order valence-electron chi connectivity index (χ4n) is 1.23. The van der Waals surface area contributed by atoms with Crippen molar-refractivity contribution in [1.82, 2.24) is 5.32 Å². The third-order valence-corrected chi connectivity index (χ3v) is 1.82. The molecule has 0 radical (unpaired) electrons. The van der Waals surface area contributed by atoms with Gasteiger partial charge >= 0.3 is 0 Å². The SMILES string of the molecule is CCOC(OCC)C(CC)NC(C)=O. The van der Waals surface area contributed by atoms with Gasteiger partial charge in [0.25, 0.3) is 0 Å². The Morgan fingerprint density at radius 3 is 2.00 bits per heavy atom. The van der Waals surface area contributed by atoms with Crippen LogP contribution in [0.4, 0.5) is 0 Å². The standard InChI is InChI=1S/C10H21NO3/c1-5-9(11-8(4)12)10(13-6-2)14-7-3/h9-10H,5-7H2,1-4H3,(H,11,12). The molecule has 1 unspecified atom stereocenters. The summed E-state index contributed by atoms with van der Waals surface area (Å²) in [5.74, 6) is -0.0544. The maximum atomic E-state index is 10.9. The monoisotopic (exact) mass is 203 g/mol. The lowest BCUT2D eigenvalue weighted by Gasteiger charge is -2.26. The second-order valence-electron chi connectivity index (χ2n) is 2.99. The first-order valence-electron chi connectivity index (χ1n) is 5.15. The lowest BCUT2D eigenvalue weighted by atomic mass is 10.2. The van der Waals surface area contributed by atoms with Crippen molar-refractivity contribution in [3.05, 3.63) is 0 Å². The summed E-state index contributed by atoms with van der Waals surface area (Å²) in [5.41, 5.74) is 0. The van der Waals surface area contributed by atoms with E-state index in [9.17, 15) is 4.79 Å². The van der Waals surface area contributed by atoms with E-state index in [1.54, 1.807) is 0 Å². The second kappa shape index (κ2) is 7.76. The lowest BCUT2D eigenvalue weighted by Crippen LogP contribution is -2.44. The molecular weight excluding hydrogens is 182 g/mol. The van der Waals surface area contributed by atoms with E-state index in [-0.39, 0.29) is 18.2 Å². The number of nitrogens with one attached hydrogen (secondary N) is 1. The summed E-state index contributed by atoms with van der Waals surface area (Å²) in [6, 6.07) is -0.0626. The van der Waals surface area contributed by atoms with Crippen LogP contribution >= 0.6 is 0 Å². The summed E-state index contributed by atoms with van der Waals surface area (Å²) in [4.78, 5) is 10.9. The molecule has 0 heterocycles. The fraction of sp³-hybridized carbons (Fsp3) is 0.900. The molecule has 0 bridgehead atoms. The molecule has 1 amide bonds. The molecule has 0 aromatic heterocycles. The van der Waals surface area contributed by atoms with Crippen LogP contribution in [-0.2, 0) is 14.3 Å². The van der Waals surface area contributed by atoms with E-state index in [4.69, 9.17) is 9.47 Å². The Hall–Kier alpha value is -0.610. The van der Waals surface area contributed by atoms with E-state index in [0.29, 0.717) is 13.2 Å². The van der Waals surface area contributed by atoms with Crippen molar-refractivity contribution in [1.29, 1.82) is 0 Å². The summed E-state index contributed by atoms with van der Waals surface area (Å²) < 4.78 is 10.8. The minimum Gasteiger partial charge on any atom is -0.351 e. The molecular formula is C10H21NO3. The molecule has 0 aromatic carbocycles. The maximum absolute atomic E-state index is 10.9. The minimum absolute atomic E-state index is 0.0544. The van der Waals surface area contributed by atoms with Crippen molar-refractivity contribution >= 4 is 5.91 Å². The van der Waals surface area contributed by atoms with Gasteiger partial charge in [0.2, 0.25) is 5.91 Å². The Morgan fingerprint density at radius 2 is 1.71 bits per heavy atom. The summed E-state index contributed by atoms with van der Waals surface area (Å²) in [7, 11) is 0. The molecule has 1 N–H and O–H groups in total. The van der Waals surface area contributed by atoms with Crippen LogP contribution in [0, 0.1) is 0 Å². The Balaban J connectivity index is 4.16. The van der Waals surface area contributed by atoms with E-state index in [1.165, 1.54) is 6.92 Å². The Morgan fingerprint density at radius 1 is 1.21 bits per heavy atom. The van der Waals surface area contributed by atoms with Crippen LogP contribution in [0.3, 0.4) is 0 Å². The van der Waals surface area contributed by atoms with E-state index in [2.05, 4.69) is 5.32 Å². The summed E-state index contributed by atoms with van der Waals surface area (Å²) >= 11 is 0. The summed E-state index contributed by atoms with van der Waals surface area (Å²) in [6.07, 6.45) is 0.462. The van der Waals surface area contributed by atoms with E-state index in [1.807, 2.05) is 20.8 Å². The zero-order valence-electron chi connectivity index (χ0n) is 9.50. The molecule has 14 heavy (non-hydrogen) atoms. The van der Waals surface area contributed by atoms with Gasteiger partial charge < -0.3 is 14.8 Å². The van der Waals surface area contributed by atoms with Crippen LogP contribution in [0.2, 0.25) is 0 Å². The van der Waals surface area contributed by atoms with Gasteiger partial charge in [-0.1, -0.05) is 6.92 Å². The third-order valence-electron chi connectivity index (χ3n) is 1.82. The van der Waals surface area contributed by atoms with Crippen molar-refractivity contribution < 1.29 is 14.3 Å². The molecule has 1 atom stereocenters. The van der Waals surface area contributed by atoms with Gasteiger partial charge in [-0.25, -0.2) is 0 Å². The van der Waals surface area contributed by atoms with Crippen molar-refractivity contribution in [3.8, 4) is 0 Å². The molecule has 0 aliphatic rings. The van der Waals surface area contributed by atoms with Gasteiger partial charge in [0.05, 0.1) is 6.04 Å². The van der Waals surface area contributed by atoms with Gasteiger partial charge in [-0.2, -0.15) is 0 Å². The van der Waals surface area contributed by atoms with Crippen molar-refractivity contribution in [2.24, 2.45) is 0 Å². The third kappa shape index (κ3) is 5.19. The zero-order chi connectivity index (χ0) is 11.0. The van der Waals surface area contributed by atoms with Gasteiger partial charge in [0.15, 0.2) is 6.29 Å². The maximum Gasteiger partial charge on any atom is 0.217 e. The lowest BCUT2D eigenvalue weighted by molar-refractivity contribution is -0.158. The zero-order valence-corrected chi connectivity index (χ0v) is 9.50. The Labute approximate surface area is 86.0 Å². The molecule has 0 spiro atoms. The first kappa shape index (κ1) is 13.4. The highest BCUT2D eigenvalue weighted by molar-refractivity contribution is 5.73. The van der Waals surface area contributed by atoms with Gasteiger partial charge in [-0.05, 0) is 20.3 Å². The highest BCUT2D eigenvalue weighted by Gasteiger charge is 2.20. The molecule has 0 aliphatic carbocycles. The van der Waals surface area contributed by atoms with Gasteiger partial charge in [-0.15, -0.1) is 0 Å². The van der Waals surface area contributed by atoms with Crippen LogP contribution in [0.5, 0.6) is 0 Å². The van der Waals surface area contributed by atoms with Crippen molar-refractivity contribution in [2.45, 2.75) is 46.4 Å². The molecule has 0 rings (SSSR count). The number of ether oxygens (including phenoxy) is 2. The minimum atomic E-state index is -0.334. The average Bonchev–Trinajstić information content (AvgIpc) is 2.13. The number of carbonyl (C=O) groups is 1. The molecule has 84 valence electrons. The molecule has 0 fully saturated rings. The number of hydrogen-bond donors (Lipinski definition) is 1. The normalized spacial score (nSPS) is 12.9. The van der Waals surface area contributed by atoms with E-state index < -0.39 is 0 Å². The summed E-state index contributed by atoms with van der Waals surface area (Å²) in [5, 5.41) is 2.81. The molecule has 4 heteroatoms. The van der Waals surface area contributed by atoms with Crippen molar-refractivity contribution in [2.75, 3.05) is 13.2 Å². The van der Waals surface area contributed by atoms with Gasteiger partial charge in [-0.3, -0.25) is 4.79 Å². The highest BCUT2D eigenvalue weighted by Crippen LogP contribution is 2.05. The van der Waals surface area contributed by atoms with Crippen LogP contribution in [-0.4, -0.2) is 31.5 Å². The molecule has 0 aromatic rings. The quantitative estimate of drug-likeness (QED) is 0.634. The molecule has 0 saturated carbocycles. The number of amides is 1. The highest BCUT2D eigenvalue weighted by atomic mass is 16.7. The summed E-state index contributed by atoms with van der Waals surface area (Å²) in [6.45, 7) is 8.48. The van der Waals surface area contributed by atoms with Crippen LogP contribution in [0.25, 0.3) is 0 Å². The smallest absolute Gasteiger partial charge is 0.217 e. The van der Waals surface area contributed by atoms with Crippen molar-refractivity contribution in [3.63, 3.8) is 0 Å². The number of carbonyl (C=O) groups excluding carboxylic acids is 1. The van der Waals surface area contributed by atoms with Crippen LogP contribution < -0.4 is 5.32 Å². The largest absolute Gasteiger partial charge is 0.351 e. The number of rotatable bonds is 7. The van der Waals surface area contributed by atoms with Gasteiger partial charge in [0.1, 0.15) is 0 Å². The molecule has 4 nitrogen and oxygen atoms in total. The first-order chi connectivity index (χ1) is 6.65. The van der Waals surface area contributed by atoms with E-state index >= 15 is 0 Å². The molecule has 0 saturated heterocycles. The predicted octanol–water partition coefficient (Wildman–Crippen LogP) is 1.30.